The van der Waals surface area contributed by atoms with E-state index < -0.39 is 14.4 Å². The van der Waals surface area contributed by atoms with Gasteiger partial charge in [0.1, 0.15) is 18.2 Å². The number of rotatable bonds is 5. The number of carbonyl (C=O) groups is 1. The third-order valence-corrected chi connectivity index (χ3v) is 10.7. The molecule has 2 aliphatic rings. The molecule has 2 N–H and O–H groups in total. The van der Waals surface area contributed by atoms with Crippen molar-refractivity contribution in [3.8, 4) is 0 Å². The maximum absolute atomic E-state index is 12.4. The summed E-state index contributed by atoms with van der Waals surface area (Å²) >= 11 is 0. The molecule has 4 atom stereocenters. The van der Waals surface area contributed by atoms with E-state index in [4.69, 9.17) is 19.7 Å². The lowest BCUT2D eigenvalue weighted by molar-refractivity contribution is -0.194. The van der Waals surface area contributed by atoms with Crippen LogP contribution in [0.2, 0.25) is 18.1 Å². The van der Waals surface area contributed by atoms with Crippen molar-refractivity contribution in [2.75, 3.05) is 12.3 Å². The van der Waals surface area contributed by atoms with Crippen molar-refractivity contribution in [2.24, 2.45) is 5.92 Å². The number of esters is 1. The zero-order valence-corrected chi connectivity index (χ0v) is 18.2. The maximum Gasteiger partial charge on any atom is 0.326 e. The van der Waals surface area contributed by atoms with E-state index >= 15 is 0 Å². The van der Waals surface area contributed by atoms with Crippen LogP contribution >= 0.6 is 0 Å². The average Bonchev–Trinajstić information content (AvgIpc) is 3.04. The second-order valence-electron chi connectivity index (χ2n) is 9.20. The molecule has 0 amide bonds. The van der Waals surface area contributed by atoms with Crippen molar-refractivity contribution < 1.29 is 18.8 Å². The second-order valence-corrected chi connectivity index (χ2v) is 14.0. The predicted molar refractivity (Wildman–Crippen MR) is 107 cm³/mol. The Morgan fingerprint density at radius 2 is 2.00 bits per heavy atom. The van der Waals surface area contributed by atoms with Crippen LogP contribution in [0.25, 0.3) is 0 Å². The molecule has 0 spiro atoms. The molecule has 6 nitrogen and oxygen atoms in total. The number of cyclic esters (lactones) is 1. The van der Waals surface area contributed by atoms with Crippen molar-refractivity contribution in [2.45, 2.75) is 70.6 Å². The molecule has 2 saturated heterocycles. The molecule has 2 heterocycles. The predicted octanol–water partition coefficient (Wildman–Crippen LogP) is 3.34. The van der Waals surface area contributed by atoms with Crippen molar-refractivity contribution in [1.29, 1.82) is 0 Å². The van der Waals surface area contributed by atoms with E-state index in [9.17, 15) is 4.79 Å². The van der Waals surface area contributed by atoms with Crippen LogP contribution in [0.1, 0.15) is 33.3 Å². The third-order valence-electron chi connectivity index (χ3n) is 6.16. The third kappa shape index (κ3) is 4.06. The number of benzene rings is 1. The van der Waals surface area contributed by atoms with Crippen molar-refractivity contribution in [3.63, 3.8) is 0 Å². The largest absolute Gasteiger partial charge is 0.461 e. The smallest absolute Gasteiger partial charge is 0.326 e. The molecule has 0 aromatic heterocycles. The molecule has 7 heteroatoms. The molecule has 0 bridgehead atoms. The molecule has 0 unspecified atom stereocenters. The van der Waals surface area contributed by atoms with Gasteiger partial charge < -0.3 is 14.9 Å². The van der Waals surface area contributed by atoms with E-state index in [1.165, 1.54) is 0 Å². The number of anilines is 1. The van der Waals surface area contributed by atoms with Crippen molar-refractivity contribution >= 4 is 20.0 Å². The zero-order chi connectivity index (χ0) is 20.0. The lowest BCUT2D eigenvalue weighted by Gasteiger charge is -2.37. The van der Waals surface area contributed by atoms with Crippen LogP contribution in [0.15, 0.2) is 24.3 Å². The van der Waals surface area contributed by atoms with Gasteiger partial charge in [-0.15, -0.1) is 0 Å². The van der Waals surface area contributed by atoms with Gasteiger partial charge >= 0.3 is 5.97 Å². The van der Waals surface area contributed by atoms with Gasteiger partial charge in [0.25, 0.3) is 0 Å². The van der Waals surface area contributed by atoms with Crippen LogP contribution in [-0.4, -0.2) is 44.2 Å². The highest BCUT2D eigenvalue weighted by atomic mass is 28.4. The Balaban J connectivity index is 1.75. The van der Waals surface area contributed by atoms with E-state index in [-0.39, 0.29) is 29.1 Å². The summed E-state index contributed by atoms with van der Waals surface area (Å²) in [6.07, 6.45) is -0.368. The number of hydrogen-bond acceptors (Lipinski definition) is 6. The van der Waals surface area contributed by atoms with E-state index in [1.807, 2.05) is 31.2 Å². The first-order valence-electron chi connectivity index (χ1n) is 9.62. The Labute approximate surface area is 163 Å². The first-order valence-corrected chi connectivity index (χ1v) is 12.5. The Bertz CT molecular complexity index is 703. The lowest BCUT2D eigenvalue weighted by Crippen LogP contribution is -2.44. The Morgan fingerprint density at radius 3 is 2.63 bits per heavy atom. The highest BCUT2D eigenvalue weighted by Gasteiger charge is 2.56. The molecule has 2 aliphatic heterocycles. The molecule has 1 aromatic rings. The molecule has 0 aliphatic carbocycles. The minimum absolute atomic E-state index is 0.0247. The number of nitrogens with two attached hydrogens (primary N) is 1. The number of carbonyl (C=O) groups excluding carboxylic acids is 1. The van der Waals surface area contributed by atoms with E-state index in [0.717, 1.165) is 5.56 Å². The van der Waals surface area contributed by atoms with Gasteiger partial charge in [-0.2, -0.15) is 5.06 Å². The summed E-state index contributed by atoms with van der Waals surface area (Å²) in [5.41, 5.74) is 7.59. The summed E-state index contributed by atoms with van der Waals surface area (Å²) < 4.78 is 11.9. The number of hydrogen-bond donors (Lipinski definition) is 1. The minimum Gasteiger partial charge on any atom is -0.461 e. The van der Waals surface area contributed by atoms with E-state index in [2.05, 4.69) is 33.9 Å². The van der Waals surface area contributed by atoms with Gasteiger partial charge in [0.2, 0.25) is 0 Å². The number of fused-ring (bicyclic) bond motifs is 1. The van der Waals surface area contributed by atoms with Crippen LogP contribution in [0, 0.1) is 5.92 Å². The molecular formula is C20H32N2O4Si. The lowest BCUT2D eigenvalue weighted by atomic mass is 9.93. The first kappa shape index (κ1) is 20.3. The molecule has 2 fully saturated rings. The molecule has 1 aromatic carbocycles. The molecule has 0 radical (unpaired) electrons. The number of nitrogens with zero attached hydrogens (tertiary/aromatic N) is 1. The summed E-state index contributed by atoms with van der Waals surface area (Å²) in [5, 5.41) is 1.88. The summed E-state index contributed by atoms with van der Waals surface area (Å²) in [6.45, 7) is 14.0. The Hall–Kier alpha value is -1.41. The summed E-state index contributed by atoms with van der Waals surface area (Å²) in [4.78, 5) is 18.6. The monoisotopic (exact) mass is 392 g/mol. The van der Waals surface area contributed by atoms with Gasteiger partial charge in [-0.25, -0.2) is 0 Å². The summed E-state index contributed by atoms with van der Waals surface area (Å²) in [6, 6.07) is 7.25. The zero-order valence-electron chi connectivity index (χ0n) is 17.2. The highest BCUT2D eigenvalue weighted by molar-refractivity contribution is 6.74. The first-order chi connectivity index (χ1) is 12.5. The molecular weight excluding hydrogens is 360 g/mol. The molecule has 3 rings (SSSR count). The van der Waals surface area contributed by atoms with E-state index in [0.29, 0.717) is 18.8 Å². The van der Waals surface area contributed by atoms with Crippen LogP contribution in [-0.2, 0) is 25.3 Å². The Morgan fingerprint density at radius 1 is 1.30 bits per heavy atom. The number of hydroxylamine groups is 2. The fourth-order valence-corrected chi connectivity index (χ4v) is 4.54. The molecule has 27 heavy (non-hydrogen) atoms. The van der Waals surface area contributed by atoms with Crippen molar-refractivity contribution in [1.82, 2.24) is 5.06 Å². The standard InChI is InChI=1S/C20H32N2O4Si/c1-13-17-16(12-24-27(5,6)20(2,3)4)26-22(18(17)19(23)25-13)11-14-8-7-9-15(21)10-14/h7-10,13,16-18H,11-12,21H2,1-6H3/t13-,16-,17+,18-/m0/s1. The van der Waals surface area contributed by atoms with Crippen LogP contribution in [0.3, 0.4) is 0 Å². The fraction of sp³-hybridized carbons (Fsp3) is 0.650. The molecule has 150 valence electrons. The normalized spacial score (nSPS) is 29.0. The number of nitrogen functional groups attached to an aromatic ring is 1. The second kappa shape index (κ2) is 7.20. The van der Waals surface area contributed by atoms with Gasteiger partial charge in [-0.05, 0) is 42.8 Å². The van der Waals surface area contributed by atoms with Gasteiger partial charge in [0, 0.05) is 5.69 Å². The summed E-state index contributed by atoms with van der Waals surface area (Å²) in [7, 11) is -1.90. The van der Waals surface area contributed by atoms with Gasteiger partial charge in [-0.3, -0.25) is 9.63 Å². The van der Waals surface area contributed by atoms with Crippen LogP contribution in [0.5, 0.6) is 0 Å². The van der Waals surface area contributed by atoms with Crippen molar-refractivity contribution in [3.05, 3.63) is 29.8 Å². The highest BCUT2D eigenvalue weighted by Crippen LogP contribution is 2.41. The maximum atomic E-state index is 12.4. The average molecular weight is 393 g/mol. The topological polar surface area (TPSA) is 74.0 Å². The van der Waals surface area contributed by atoms with Gasteiger partial charge in [0.05, 0.1) is 19.1 Å². The fourth-order valence-electron chi connectivity index (χ4n) is 3.53. The minimum atomic E-state index is -1.90. The Kier molecular flexibility index (Phi) is 5.42. The number of ether oxygens (including phenoxy) is 1. The van der Waals surface area contributed by atoms with Gasteiger partial charge in [0.15, 0.2) is 8.32 Å². The van der Waals surface area contributed by atoms with Gasteiger partial charge in [-0.1, -0.05) is 32.9 Å². The van der Waals surface area contributed by atoms with E-state index in [1.54, 1.807) is 5.06 Å². The van der Waals surface area contributed by atoms with Crippen LogP contribution in [0.4, 0.5) is 5.69 Å². The summed E-state index contributed by atoms with van der Waals surface area (Å²) in [5.74, 6) is -0.241. The SMILES string of the molecule is C[C@@H]1OC(=O)[C@@H]2[C@H]1[C@H](CO[Si](C)(C)C(C)(C)C)ON2Cc1cccc(N)c1. The quantitative estimate of drug-likeness (QED) is 0.471. The van der Waals surface area contributed by atoms with Crippen LogP contribution < -0.4 is 5.73 Å². The molecule has 0 saturated carbocycles.